The fourth-order valence-electron chi connectivity index (χ4n) is 1.31. The maximum absolute atomic E-state index is 11.8. The van der Waals surface area contributed by atoms with Gasteiger partial charge in [-0.25, -0.2) is 4.79 Å². The van der Waals surface area contributed by atoms with Gasteiger partial charge in [0.15, 0.2) is 0 Å². The lowest BCUT2D eigenvalue weighted by Crippen LogP contribution is -2.47. The van der Waals surface area contributed by atoms with E-state index in [0.717, 1.165) is 5.69 Å². The molecule has 0 spiro atoms. The molecule has 0 unspecified atom stereocenters. The molecular formula is C14H21N3O3. The van der Waals surface area contributed by atoms with Crippen LogP contribution >= 0.6 is 0 Å². The van der Waals surface area contributed by atoms with E-state index in [9.17, 15) is 9.59 Å². The van der Waals surface area contributed by atoms with Gasteiger partial charge < -0.3 is 10.1 Å². The molecule has 20 heavy (non-hydrogen) atoms. The summed E-state index contributed by atoms with van der Waals surface area (Å²) >= 11 is 0. The number of anilines is 1. The van der Waals surface area contributed by atoms with Crippen LogP contribution in [0.2, 0.25) is 0 Å². The molecule has 0 bridgehead atoms. The Morgan fingerprint density at radius 1 is 1.15 bits per heavy atom. The molecule has 0 radical (unpaired) electrons. The van der Waals surface area contributed by atoms with Crippen LogP contribution in [-0.4, -0.2) is 23.6 Å². The number of hydrazine groups is 1. The van der Waals surface area contributed by atoms with Crippen LogP contribution in [0.25, 0.3) is 0 Å². The molecule has 0 saturated carbocycles. The van der Waals surface area contributed by atoms with Gasteiger partial charge in [0.25, 0.3) is 5.91 Å². The number of hydrogen-bond donors (Lipinski definition) is 3. The SMILES string of the molecule is C[C@H](NC(=O)OC(C)(C)C)C(=O)NNc1ccccc1. The Balaban J connectivity index is 2.38. The molecule has 1 aromatic rings. The third kappa shape index (κ3) is 6.08. The maximum atomic E-state index is 11.8. The third-order valence-corrected chi connectivity index (χ3v) is 2.23. The zero-order valence-corrected chi connectivity index (χ0v) is 12.2. The molecule has 1 aromatic carbocycles. The molecule has 0 aliphatic rings. The van der Waals surface area contributed by atoms with Crippen LogP contribution in [0, 0.1) is 0 Å². The zero-order chi connectivity index (χ0) is 15.2. The number of hydrogen-bond acceptors (Lipinski definition) is 4. The molecule has 0 aliphatic carbocycles. The average Bonchev–Trinajstić information content (AvgIpc) is 2.34. The Hall–Kier alpha value is -2.24. The van der Waals surface area contributed by atoms with Crippen molar-refractivity contribution in [3.05, 3.63) is 30.3 Å². The van der Waals surface area contributed by atoms with E-state index in [2.05, 4.69) is 16.2 Å². The van der Waals surface area contributed by atoms with Crippen LogP contribution in [0.1, 0.15) is 27.7 Å². The molecule has 1 rings (SSSR count). The van der Waals surface area contributed by atoms with Gasteiger partial charge in [0.1, 0.15) is 11.6 Å². The van der Waals surface area contributed by atoms with E-state index in [-0.39, 0.29) is 5.91 Å². The van der Waals surface area contributed by atoms with Crippen LogP contribution in [0.4, 0.5) is 10.5 Å². The number of benzene rings is 1. The van der Waals surface area contributed by atoms with Crippen LogP contribution in [-0.2, 0) is 9.53 Å². The summed E-state index contributed by atoms with van der Waals surface area (Å²) in [7, 11) is 0. The topological polar surface area (TPSA) is 79.5 Å². The predicted molar refractivity (Wildman–Crippen MR) is 77.0 cm³/mol. The van der Waals surface area contributed by atoms with Crippen molar-refractivity contribution in [1.29, 1.82) is 0 Å². The summed E-state index contributed by atoms with van der Waals surface area (Å²) in [4.78, 5) is 23.3. The number of rotatable bonds is 4. The Labute approximate surface area is 118 Å². The molecule has 0 fully saturated rings. The van der Waals surface area contributed by atoms with Crippen molar-refractivity contribution in [2.24, 2.45) is 0 Å². The number of para-hydroxylation sites is 1. The fraction of sp³-hybridized carbons (Fsp3) is 0.429. The van der Waals surface area contributed by atoms with Crippen molar-refractivity contribution in [3.63, 3.8) is 0 Å². The van der Waals surface area contributed by atoms with Crippen LogP contribution in [0.3, 0.4) is 0 Å². The molecule has 0 heterocycles. The first-order valence-electron chi connectivity index (χ1n) is 6.38. The lowest BCUT2D eigenvalue weighted by Gasteiger charge is -2.21. The Morgan fingerprint density at radius 3 is 2.30 bits per heavy atom. The number of carbonyl (C=O) groups is 2. The highest BCUT2D eigenvalue weighted by Crippen LogP contribution is 2.07. The summed E-state index contributed by atoms with van der Waals surface area (Å²) in [6.45, 7) is 6.85. The molecule has 110 valence electrons. The first-order chi connectivity index (χ1) is 9.28. The number of carbonyl (C=O) groups excluding carboxylic acids is 2. The first-order valence-corrected chi connectivity index (χ1v) is 6.38. The molecule has 1 atom stereocenters. The minimum atomic E-state index is -0.707. The van der Waals surface area contributed by atoms with E-state index in [1.54, 1.807) is 27.7 Å². The van der Waals surface area contributed by atoms with Crippen LogP contribution < -0.4 is 16.2 Å². The van der Waals surface area contributed by atoms with Gasteiger partial charge >= 0.3 is 6.09 Å². The number of alkyl carbamates (subject to hydrolysis) is 1. The molecule has 3 N–H and O–H groups in total. The van der Waals surface area contributed by atoms with Crippen molar-refractivity contribution in [3.8, 4) is 0 Å². The number of ether oxygens (including phenoxy) is 1. The first kappa shape index (κ1) is 15.8. The molecule has 6 nitrogen and oxygen atoms in total. The van der Waals surface area contributed by atoms with Gasteiger partial charge in [-0.15, -0.1) is 0 Å². The summed E-state index contributed by atoms with van der Waals surface area (Å²) < 4.78 is 5.07. The van der Waals surface area contributed by atoms with E-state index in [1.807, 2.05) is 30.3 Å². The highest BCUT2D eigenvalue weighted by atomic mass is 16.6. The third-order valence-electron chi connectivity index (χ3n) is 2.23. The minimum Gasteiger partial charge on any atom is -0.444 e. The lowest BCUT2D eigenvalue weighted by molar-refractivity contribution is -0.122. The second-order valence-electron chi connectivity index (χ2n) is 5.35. The van der Waals surface area contributed by atoms with E-state index < -0.39 is 17.7 Å². The summed E-state index contributed by atoms with van der Waals surface area (Å²) in [6, 6.07) is 8.48. The van der Waals surface area contributed by atoms with Gasteiger partial charge in [-0.05, 0) is 39.8 Å². The largest absolute Gasteiger partial charge is 0.444 e. The lowest BCUT2D eigenvalue weighted by atomic mass is 10.2. The summed E-state index contributed by atoms with van der Waals surface area (Å²) in [5, 5.41) is 2.46. The fourth-order valence-corrected chi connectivity index (χ4v) is 1.31. The van der Waals surface area contributed by atoms with Crippen molar-refractivity contribution in [2.75, 3.05) is 5.43 Å². The molecule has 0 aromatic heterocycles. The molecule has 6 heteroatoms. The van der Waals surface area contributed by atoms with Crippen molar-refractivity contribution in [1.82, 2.24) is 10.7 Å². The van der Waals surface area contributed by atoms with Gasteiger partial charge in [0, 0.05) is 0 Å². The molecule has 0 aliphatic heterocycles. The quantitative estimate of drug-likeness (QED) is 0.737. The molecule has 0 saturated heterocycles. The van der Waals surface area contributed by atoms with Crippen molar-refractivity contribution < 1.29 is 14.3 Å². The average molecular weight is 279 g/mol. The second kappa shape index (κ2) is 6.79. The second-order valence-corrected chi connectivity index (χ2v) is 5.35. The van der Waals surface area contributed by atoms with Crippen molar-refractivity contribution in [2.45, 2.75) is 39.3 Å². The highest BCUT2D eigenvalue weighted by molar-refractivity contribution is 5.86. The van der Waals surface area contributed by atoms with Crippen LogP contribution in [0.15, 0.2) is 30.3 Å². The predicted octanol–water partition coefficient (Wildman–Crippen LogP) is 2.04. The number of nitrogens with one attached hydrogen (secondary N) is 3. The van der Waals surface area contributed by atoms with E-state index in [1.165, 1.54) is 0 Å². The number of amides is 2. The van der Waals surface area contributed by atoms with Gasteiger partial charge in [-0.3, -0.25) is 15.6 Å². The standard InChI is InChI=1S/C14H21N3O3/c1-10(15-13(19)20-14(2,3)4)12(18)17-16-11-8-6-5-7-9-11/h5-10,16H,1-4H3,(H,15,19)(H,17,18)/t10-/m0/s1. The smallest absolute Gasteiger partial charge is 0.408 e. The Morgan fingerprint density at radius 2 is 1.75 bits per heavy atom. The van der Waals surface area contributed by atoms with Crippen LogP contribution in [0.5, 0.6) is 0 Å². The summed E-state index contributed by atoms with van der Waals surface area (Å²) in [6.07, 6.45) is -0.625. The van der Waals surface area contributed by atoms with Crippen molar-refractivity contribution >= 4 is 17.7 Å². The van der Waals surface area contributed by atoms with Gasteiger partial charge in [-0.1, -0.05) is 18.2 Å². The minimum absolute atomic E-state index is 0.361. The normalized spacial score (nSPS) is 12.2. The monoisotopic (exact) mass is 279 g/mol. The zero-order valence-electron chi connectivity index (χ0n) is 12.2. The summed E-state index contributed by atoms with van der Waals surface area (Å²) in [5.41, 5.74) is 5.42. The Bertz CT molecular complexity index is 454. The summed E-state index contributed by atoms with van der Waals surface area (Å²) in [5.74, 6) is -0.361. The maximum Gasteiger partial charge on any atom is 0.408 e. The van der Waals surface area contributed by atoms with Gasteiger partial charge in [0.2, 0.25) is 0 Å². The highest BCUT2D eigenvalue weighted by Gasteiger charge is 2.20. The van der Waals surface area contributed by atoms with Gasteiger partial charge in [-0.2, -0.15) is 0 Å². The Kier molecular flexibility index (Phi) is 5.37. The molecular weight excluding hydrogens is 258 g/mol. The van der Waals surface area contributed by atoms with E-state index in [4.69, 9.17) is 4.74 Å². The molecule has 2 amide bonds. The van der Waals surface area contributed by atoms with E-state index in [0.29, 0.717) is 0 Å². The van der Waals surface area contributed by atoms with E-state index >= 15 is 0 Å². The van der Waals surface area contributed by atoms with Gasteiger partial charge in [0.05, 0.1) is 5.69 Å².